The number of aryl methyl sites for hydroxylation is 3. The van der Waals surface area contributed by atoms with E-state index in [9.17, 15) is 0 Å². The molecule has 0 bridgehead atoms. The van der Waals surface area contributed by atoms with Crippen LogP contribution < -0.4 is 4.74 Å². The molecule has 24 heavy (non-hydrogen) atoms. The fourth-order valence-electron chi connectivity index (χ4n) is 3.12. The van der Waals surface area contributed by atoms with Crippen LogP contribution in [0.25, 0.3) is 33.1 Å². The highest BCUT2D eigenvalue weighted by atomic mass is 35.5. The van der Waals surface area contributed by atoms with Gasteiger partial charge in [0.2, 0.25) is 0 Å². The van der Waals surface area contributed by atoms with Gasteiger partial charge in [-0.15, -0.1) is 0 Å². The number of hydrogen-bond acceptors (Lipinski definition) is 5. The molecule has 0 spiro atoms. The molecule has 0 fully saturated rings. The zero-order chi connectivity index (χ0) is 17.0. The molecule has 0 saturated heterocycles. The molecule has 3 heterocycles. The van der Waals surface area contributed by atoms with Crippen LogP contribution in [-0.4, -0.2) is 27.2 Å². The summed E-state index contributed by atoms with van der Waals surface area (Å²) in [5.41, 5.74) is 4.27. The summed E-state index contributed by atoms with van der Waals surface area (Å²) < 4.78 is 10.9. The van der Waals surface area contributed by atoms with Gasteiger partial charge in [-0.05, 0) is 32.9 Å². The number of rotatable bonds is 2. The Hall–Kier alpha value is -2.60. The minimum atomic E-state index is 0.427. The molecule has 0 amide bonds. The van der Waals surface area contributed by atoms with Gasteiger partial charge < -0.3 is 14.2 Å². The second kappa shape index (κ2) is 5.21. The molecule has 0 saturated carbocycles. The molecule has 7 heteroatoms. The fourth-order valence-corrected chi connectivity index (χ4v) is 3.43. The van der Waals surface area contributed by atoms with E-state index < -0.39 is 0 Å². The molecule has 0 aliphatic heterocycles. The van der Waals surface area contributed by atoms with E-state index in [-0.39, 0.29) is 0 Å². The smallest absolute Gasteiger partial charge is 0.143 e. The second-order valence-corrected chi connectivity index (χ2v) is 6.07. The lowest BCUT2D eigenvalue weighted by molar-refractivity contribution is 0.393. The maximum Gasteiger partial charge on any atom is 0.143 e. The number of fused-ring (bicyclic) bond motifs is 3. The lowest BCUT2D eigenvalue weighted by atomic mass is 10.0. The Balaban J connectivity index is 2.10. The van der Waals surface area contributed by atoms with E-state index in [1.165, 1.54) is 0 Å². The van der Waals surface area contributed by atoms with E-state index in [1.54, 1.807) is 7.11 Å². The number of ether oxygens (including phenoxy) is 1. The number of methoxy groups -OCH3 is 1. The van der Waals surface area contributed by atoms with E-state index in [1.807, 2.05) is 32.9 Å². The molecule has 122 valence electrons. The van der Waals surface area contributed by atoms with Gasteiger partial charge in [-0.2, -0.15) is 0 Å². The van der Waals surface area contributed by atoms with Gasteiger partial charge in [0.05, 0.1) is 23.8 Å². The Labute approximate surface area is 142 Å². The SMILES string of the molecule is COc1cc2c(cc1-c1c(C)noc1C)[nH]c1nc(C)nc(Cl)c12. The third-order valence-corrected chi connectivity index (χ3v) is 4.41. The largest absolute Gasteiger partial charge is 0.496 e. The number of aromatic amines is 1. The summed E-state index contributed by atoms with van der Waals surface area (Å²) in [5, 5.41) is 6.17. The Bertz CT molecular complexity index is 1080. The van der Waals surface area contributed by atoms with Crippen molar-refractivity contribution < 1.29 is 9.26 Å². The number of hydrogen-bond donors (Lipinski definition) is 1. The van der Waals surface area contributed by atoms with Gasteiger partial charge in [0.25, 0.3) is 0 Å². The Morgan fingerprint density at radius 1 is 1.17 bits per heavy atom. The second-order valence-electron chi connectivity index (χ2n) is 5.71. The van der Waals surface area contributed by atoms with Crippen molar-refractivity contribution in [3.05, 3.63) is 34.6 Å². The molecule has 0 aliphatic rings. The first-order valence-corrected chi connectivity index (χ1v) is 7.84. The maximum absolute atomic E-state index is 6.33. The van der Waals surface area contributed by atoms with Crippen molar-refractivity contribution in [2.75, 3.05) is 7.11 Å². The average molecular weight is 343 g/mol. The van der Waals surface area contributed by atoms with Gasteiger partial charge >= 0.3 is 0 Å². The molecule has 0 aliphatic carbocycles. The lowest BCUT2D eigenvalue weighted by Gasteiger charge is -2.09. The zero-order valence-electron chi connectivity index (χ0n) is 13.7. The molecule has 6 nitrogen and oxygen atoms in total. The molecule has 4 rings (SSSR count). The minimum absolute atomic E-state index is 0.427. The van der Waals surface area contributed by atoms with Crippen molar-refractivity contribution in [2.24, 2.45) is 0 Å². The van der Waals surface area contributed by atoms with E-state index >= 15 is 0 Å². The molecule has 4 aromatic rings. The van der Waals surface area contributed by atoms with Gasteiger partial charge in [-0.1, -0.05) is 16.8 Å². The normalized spacial score (nSPS) is 11.5. The first-order valence-electron chi connectivity index (χ1n) is 7.46. The predicted octanol–water partition coefficient (Wildman–Crippen LogP) is 4.35. The molecule has 3 aromatic heterocycles. The summed E-state index contributed by atoms with van der Waals surface area (Å²) in [5.74, 6) is 2.08. The molecule has 1 aromatic carbocycles. The standard InChI is InChI=1S/C17H15ClN4O2/c1-7-14(8(2)24-22-7)11-5-12-10(6-13(11)23-4)15-16(18)19-9(3)20-17(15)21-12/h5-6H,1-4H3,(H,19,20,21). The third kappa shape index (κ3) is 2.06. The van der Waals surface area contributed by atoms with Crippen LogP contribution in [0.2, 0.25) is 5.15 Å². The average Bonchev–Trinajstić information content (AvgIpc) is 3.05. The lowest BCUT2D eigenvalue weighted by Crippen LogP contribution is -1.90. The predicted molar refractivity (Wildman–Crippen MR) is 92.7 cm³/mol. The van der Waals surface area contributed by atoms with Crippen LogP contribution in [0.5, 0.6) is 5.75 Å². The summed E-state index contributed by atoms with van der Waals surface area (Å²) in [7, 11) is 1.64. The molecule has 0 unspecified atom stereocenters. The van der Waals surface area contributed by atoms with Crippen LogP contribution in [0.4, 0.5) is 0 Å². The van der Waals surface area contributed by atoms with Crippen LogP contribution in [0.3, 0.4) is 0 Å². The van der Waals surface area contributed by atoms with Crippen LogP contribution in [0.15, 0.2) is 16.7 Å². The van der Waals surface area contributed by atoms with Crippen molar-refractivity contribution >= 4 is 33.5 Å². The Morgan fingerprint density at radius 2 is 1.96 bits per heavy atom. The van der Waals surface area contributed by atoms with Gasteiger partial charge in [0.15, 0.2) is 0 Å². The molecular weight excluding hydrogens is 328 g/mol. The first-order chi connectivity index (χ1) is 11.5. The topological polar surface area (TPSA) is 76.8 Å². The quantitative estimate of drug-likeness (QED) is 0.548. The van der Waals surface area contributed by atoms with Crippen molar-refractivity contribution in [3.63, 3.8) is 0 Å². The highest BCUT2D eigenvalue weighted by Gasteiger charge is 2.19. The van der Waals surface area contributed by atoms with Gasteiger partial charge in [0.1, 0.15) is 28.1 Å². The minimum Gasteiger partial charge on any atom is -0.496 e. The zero-order valence-corrected chi connectivity index (χ0v) is 14.4. The maximum atomic E-state index is 6.33. The number of aromatic nitrogens is 4. The van der Waals surface area contributed by atoms with Crippen LogP contribution in [0, 0.1) is 20.8 Å². The van der Waals surface area contributed by atoms with Crippen molar-refractivity contribution in [2.45, 2.75) is 20.8 Å². The highest BCUT2D eigenvalue weighted by molar-refractivity contribution is 6.36. The number of nitrogens with one attached hydrogen (secondary N) is 1. The number of nitrogens with zero attached hydrogens (tertiary/aromatic N) is 3. The van der Waals surface area contributed by atoms with Crippen LogP contribution in [0.1, 0.15) is 17.3 Å². The summed E-state index contributed by atoms with van der Waals surface area (Å²) in [6.45, 7) is 5.61. The summed E-state index contributed by atoms with van der Waals surface area (Å²) in [6.07, 6.45) is 0. The van der Waals surface area contributed by atoms with E-state index in [0.29, 0.717) is 16.6 Å². The van der Waals surface area contributed by atoms with Crippen LogP contribution in [-0.2, 0) is 0 Å². The summed E-state index contributed by atoms with van der Waals surface area (Å²) in [4.78, 5) is 12.0. The Kier molecular flexibility index (Phi) is 3.25. The molecule has 1 N–H and O–H groups in total. The van der Waals surface area contributed by atoms with Gasteiger partial charge in [0, 0.05) is 16.5 Å². The van der Waals surface area contributed by atoms with Gasteiger partial charge in [-0.3, -0.25) is 0 Å². The molecule has 0 radical (unpaired) electrons. The van der Waals surface area contributed by atoms with Gasteiger partial charge in [-0.25, -0.2) is 9.97 Å². The van der Waals surface area contributed by atoms with Crippen molar-refractivity contribution in [1.29, 1.82) is 0 Å². The number of benzene rings is 1. The van der Waals surface area contributed by atoms with Crippen LogP contribution >= 0.6 is 11.6 Å². The number of H-pyrrole nitrogens is 1. The monoisotopic (exact) mass is 342 g/mol. The number of halogens is 1. The van der Waals surface area contributed by atoms with E-state index in [2.05, 4.69) is 20.1 Å². The molecule has 0 atom stereocenters. The Morgan fingerprint density at radius 3 is 2.62 bits per heavy atom. The van der Waals surface area contributed by atoms with Crippen molar-refractivity contribution in [3.8, 4) is 16.9 Å². The fraction of sp³-hybridized carbons (Fsp3) is 0.235. The van der Waals surface area contributed by atoms with E-state index in [4.69, 9.17) is 20.9 Å². The first kappa shape index (κ1) is 15.0. The summed E-state index contributed by atoms with van der Waals surface area (Å²) in [6, 6.07) is 3.95. The van der Waals surface area contributed by atoms with E-state index in [0.717, 1.165) is 44.6 Å². The highest BCUT2D eigenvalue weighted by Crippen LogP contribution is 2.40. The third-order valence-electron chi connectivity index (χ3n) is 4.14. The molecular formula is C17H15ClN4O2. The summed E-state index contributed by atoms with van der Waals surface area (Å²) >= 11 is 6.33. The van der Waals surface area contributed by atoms with Crippen molar-refractivity contribution in [1.82, 2.24) is 20.1 Å².